The van der Waals surface area contributed by atoms with Crippen LogP contribution in [0.15, 0.2) is 35.4 Å². The van der Waals surface area contributed by atoms with E-state index in [1.807, 2.05) is 19.1 Å². The summed E-state index contributed by atoms with van der Waals surface area (Å²) < 4.78 is 12.4. The minimum atomic E-state index is -0.206. The highest BCUT2D eigenvalue weighted by molar-refractivity contribution is 5.80. The molecule has 3 rings (SSSR count). The molecule has 0 radical (unpaired) electrons. The number of aliphatic hydroxyl groups is 1. The van der Waals surface area contributed by atoms with Crippen LogP contribution in [0.25, 0.3) is 22.3 Å². The molecule has 0 aromatic carbocycles. The fraction of sp³-hybridized carbons (Fsp3) is 0.478. The van der Waals surface area contributed by atoms with Gasteiger partial charge in [0.15, 0.2) is 5.82 Å². The zero-order valence-corrected chi connectivity index (χ0v) is 19.2. The summed E-state index contributed by atoms with van der Waals surface area (Å²) in [6.07, 6.45) is 4.96. The van der Waals surface area contributed by atoms with Gasteiger partial charge in [-0.3, -0.25) is 9.78 Å². The number of nitrogens with zero attached hydrogens (tertiary/aromatic N) is 4. The van der Waals surface area contributed by atoms with Gasteiger partial charge >= 0.3 is 0 Å². The van der Waals surface area contributed by atoms with E-state index in [0.717, 1.165) is 18.5 Å². The largest absolute Gasteiger partial charge is 0.481 e. The van der Waals surface area contributed by atoms with Crippen LogP contribution in [0.3, 0.4) is 0 Å². The van der Waals surface area contributed by atoms with Crippen molar-refractivity contribution in [2.24, 2.45) is 0 Å². The molecule has 0 aliphatic carbocycles. The zero-order chi connectivity index (χ0) is 23.5. The average molecular weight is 457 g/mol. The number of pyridine rings is 2. The Morgan fingerprint density at radius 3 is 2.73 bits per heavy atom. The molecule has 3 N–H and O–H groups in total. The minimum Gasteiger partial charge on any atom is -0.481 e. The maximum absolute atomic E-state index is 13.2. The maximum atomic E-state index is 13.2. The third-order valence-electron chi connectivity index (χ3n) is 4.99. The Labute approximate surface area is 193 Å². The van der Waals surface area contributed by atoms with Gasteiger partial charge in [0.25, 0.3) is 5.56 Å². The van der Waals surface area contributed by atoms with Gasteiger partial charge in [-0.05, 0) is 31.5 Å². The zero-order valence-electron chi connectivity index (χ0n) is 19.2. The number of methoxy groups -OCH3 is 1. The quantitative estimate of drug-likeness (QED) is 0.311. The van der Waals surface area contributed by atoms with Gasteiger partial charge in [0.1, 0.15) is 5.52 Å². The summed E-state index contributed by atoms with van der Waals surface area (Å²) in [5.74, 6) is 0.801. The smallest absolute Gasteiger partial charge is 0.293 e. The van der Waals surface area contributed by atoms with Crippen molar-refractivity contribution in [3.05, 3.63) is 40.9 Å². The highest BCUT2D eigenvalue weighted by atomic mass is 16.5. The summed E-state index contributed by atoms with van der Waals surface area (Å²) in [5, 5.41) is 15.2. The Bertz CT molecular complexity index is 1070. The molecule has 3 aromatic heterocycles. The van der Waals surface area contributed by atoms with Gasteiger partial charge in [-0.25, -0.2) is 9.97 Å². The van der Waals surface area contributed by atoms with Crippen LogP contribution in [0, 0.1) is 0 Å². The van der Waals surface area contributed by atoms with Crippen LogP contribution in [0.2, 0.25) is 0 Å². The number of hydrogen-bond donors (Lipinski definition) is 3. The van der Waals surface area contributed by atoms with Crippen molar-refractivity contribution in [2.75, 3.05) is 51.9 Å². The Balaban J connectivity index is 1.89. The van der Waals surface area contributed by atoms with Crippen LogP contribution in [0.4, 0.5) is 5.82 Å². The molecule has 3 aromatic rings. The van der Waals surface area contributed by atoms with Gasteiger partial charge < -0.3 is 29.8 Å². The molecule has 0 aliphatic rings. The first-order valence-electron chi connectivity index (χ1n) is 11.2. The molecular weight excluding hydrogens is 424 g/mol. The lowest BCUT2D eigenvalue weighted by atomic mass is 10.2. The molecule has 33 heavy (non-hydrogen) atoms. The Hall–Kier alpha value is -3.08. The number of aromatic nitrogens is 4. The minimum absolute atomic E-state index is 0.152. The second kappa shape index (κ2) is 12.8. The van der Waals surface area contributed by atoms with E-state index < -0.39 is 0 Å². The van der Waals surface area contributed by atoms with E-state index in [-0.39, 0.29) is 18.0 Å². The number of nitrogens with one attached hydrogen (secondary N) is 2. The third kappa shape index (κ3) is 6.70. The summed E-state index contributed by atoms with van der Waals surface area (Å²) in [4.78, 5) is 26.5. The molecule has 178 valence electrons. The van der Waals surface area contributed by atoms with E-state index in [9.17, 15) is 4.79 Å². The highest BCUT2D eigenvalue weighted by Crippen LogP contribution is 2.22. The van der Waals surface area contributed by atoms with Crippen LogP contribution in [0.1, 0.15) is 19.8 Å². The SMILES string of the molecule is CCCOCCn1c(=O)c(NCCNCCCO)nc2cnc(-c3ccc(OC)nc3)cc21. The normalized spacial score (nSPS) is 11.1. The van der Waals surface area contributed by atoms with E-state index in [4.69, 9.17) is 14.6 Å². The predicted octanol–water partition coefficient (Wildman–Crippen LogP) is 1.67. The summed E-state index contributed by atoms with van der Waals surface area (Å²) in [7, 11) is 1.57. The van der Waals surface area contributed by atoms with E-state index >= 15 is 0 Å². The van der Waals surface area contributed by atoms with Gasteiger partial charge in [0.2, 0.25) is 5.88 Å². The Kier molecular flexibility index (Phi) is 9.55. The molecule has 3 heterocycles. The molecule has 0 amide bonds. The number of hydrogen-bond acceptors (Lipinski definition) is 9. The number of ether oxygens (including phenoxy) is 2. The number of anilines is 1. The fourth-order valence-electron chi connectivity index (χ4n) is 3.29. The molecule has 0 aliphatic heterocycles. The van der Waals surface area contributed by atoms with Gasteiger partial charge in [-0.1, -0.05) is 6.92 Å². The standard InChI is InChI=1S/C23H32N6O4/c1-3-12-33-13-10-29-20-14-18(17-5-6-21(32-2)27-15-17)26-16-19(20)28-22(23(29)31)25-9-8-24-7-4-11-30/h5-6,14-16,24,30H,3-4,7-13H2,1-2H3,(H,25,28). The molecule has 10 nitrogen and oxygen atoms in total. The van der Waals surface area contributed by atoms with Crippen LogP contribution >= 0.6 is 0 Å². The lowest BCUT2D eigenvalue weighted by Crippen LogP contribution is -2.30. The molecule has 0 saturated carbocycles. The molecule has 0 atom stereocenters. The topological polar surface area (TPSA) is 123 Å². The van der Waals surface area contributed by atoms with Crippen molar-refractivity contribution < 1.29 is 14.6 Å². The van der Waals surface area contributed by atoms with Crippen LogP contribution < -0.4 is 20.9 Å². The van der Waals surface area contributed by atoms with Crippen molar-refractivity contribution in [3.8, 4) is 17.1 Å². The van der Waals surface area contributed by atoms with Crippen molar-refractivity contribution in [3.63, 3.8) is 0 Å². The summed E-state index contributed by atoms with van der Waals surface area (Å²) >= 11 is 0. The lowest BCUT2D eigenvalue weighted by Gasteiger charge is -2.14. The van der Waals surface area contributed by atoms with E-state index in [1.165, 1.54) is 0 Å². The molecular formula is C23H32N6O4. The van der Waals surface area contributed by atoms with Gasteiger partial charge in [0.05, 0.1) is 31.1 Å². The summed E-state index contributed by atoms with van der Waals surface area (Å²) in [5.41, 5.74) is 2.60. The molecule has 0 unspecified atom stereocenters. The van der Waals surface area contributed by atoms with Crippen LogP contribution in [-0.4, -0.2) is 71.2 Å². The van der Waals surface area contributed by atoms with Gasteiger partial charge in [0, 0.05) is 50.7 Å². The first-order valence-corrected chi connectivity index (χ1v) is 11.2. The molecule has 0 saturated heterocycles. The Morgan fingerprint density at radius 2 is 2.00 bits per heavy atom. The van der Waals surface area contributed by atoms with Crippen molar-refractivity contribution in [2.45, 2.75) is 26.3 Å². The number of rotatable bonds is 14. The lowest BCUT2D eigenvalue weighted by molar-refractivity contribution is 0.127. The first-order chi connectivity index (χ1) is 16.2. The monoisotopic (exact) mass is 456 g/mol. The second-order valence-electron chi connectivity index (χ2n) is 7.43. The highest BCUT2D eigenvalue weighted by Gasteiger charge is 2.13. The first kappa shape index (κ1) is 24.6. The molecule has 10 heteroatoms. The van der Waals surface area contributed by atoms with Crippen molar-refractivity contribution in [1.29, 1.82) is 0 Å². The summed E-state index contributed by atoms with van der Waals surface area (Å²) in [6.45, 7) is 5.59. The van der Waals surface area contributed by atoms with Crippen LogP contribution in [-0.2, 0) is 11.3 Å². The number of fused-ring (bicyclic) bond motifs is 1. The van der Waals surface area contributed by atoms with Crippen LogP contribution in [0.5, 0.6) is 5.88 Å². The average Bonchev–Trinajstić information content (AvgIpc) is 2.85. The maximum Gasteiger partial charge on any atom is 0.293 e. The predicted molar refractivity (Wildman–Crippen MR) is 128 cm³/mol. The van der Waals surface area contributed by atoms with E-state index in [2.05, 4.69) is 25.6 Å². The fourth-order valence-corrected chi connectivity index (χ4v) is 3.29. The van der Waals surface area contributed by atoms with Gasteiger partial charge in [-0.2, -0.15) is 0 Å². The van der Waals surface area contributed by atoms with Crippen molar-refractivity contribution in [1.82, 2.24) is 24.8 Å². The molecule has 0 spiro atoms. The van der Waals surface area contributed by atoms with E-state index in [0.29, 0.717) is 61.9 Å². The second-order valence-corrected chi connectivity index (χ2v) is 7.43. The molecule has 0 fully saturated rings. The summed E-state index contributed by atoms with van der Waals surface area (Å²) in [6, 6.07) is 5.50. The molecule has 0 bridgehead atoms. The van der Waals surface area contributed by atoms with Gasteiger partial charge in [-0.15, -0.1) is 0 Å². The number of aliphatic hydroxyl groups excluding tert-OH is 1. The third-order valence-corrected chi connectivity index (χ3v) is 4.99. The van der Waals surface area contributed by atoms with Crippen molar-refractivity contribution >= 4 is 16.9 Å². The Morgan fingerprint density at radius 1 is 1.12 bits per heavy atom. The van der Waals surface area contributed by atoms with E-state index in [1.54, 1.807) is 30.1 Å².